The van der Waals surface area contributed by atoms with Gasteiger partial charge < -0.3 is 9.26 Å². The fraction of sp³-hybridized carbons (Fsp3) is 0.300. The Kier molecular flexibility index (Phi) is 2.47. The van der Waals surface area contributed by atoms with Gasteiger partial charge in [0.1, 0.15) is 11.3 Å². The third-order valence-corrected chi connectivity index (χ3v) is 2.28. The number of carbonyl (C=O) groups excluding carboxylic acids is 1. The van der Waals surface area contributed by atoms with Gasteiger partial charge >= 0.3 is 5.97 Å². The van der Waals surface area contributed by atoms with Crippen LogP contribution < -0.4 is 0 Å². The van der Waals surface area contributed by atoms with Gasteiger partial charge in [0.25, 0.3) is 0 Å². The van der Waals surface area contributed by atoms with Crippen LogP contribution in [0.2, 0.25) is 0 Å². The highest BCUT2D eigenvalue weighted by Crippen LogP contribution is 2.25. The lowest BCUT2D eigenvalue weighted by molar-refractivity contribution is 0.0600. The molecule has 0 spiro atoms. The molecule has 2 aromatic heterocycles. The molecule has 0 radical (unpaired) electrons. The average molecular weight is 221 g/mol. The quantitative estimate of drug-likeness (QED) is 0.712. The predicted octanol–water partition coefficient (Wildman–Crippen LogP) is 1.17. The summed E-state index contributed by atoms with van der Waals surface area (Å²) in [5, 5.41) is 7.77. The molecule has 6 heteroatoms. The molecule has 0 N–H and O–H groups in total. The number of rotatable bonds is 2. The van der Waals surface area contributed by atoms with Crippen LogP contribution in [-0.2, 0) is 11.8 Å². The fourth-order valence-electron chi connectivity index (χ4n) is 1.63. The molecule has 0 aromatic carbocycles. The molecule has 0 aliphatic heterocycles. The third kappa shape index (κ3) is 1.48. The van der Waals surface area contributed by atoms with Gasteiger partial charge in [-0.2, -0.15) is 5.10 Å². The van der Waals surface area contributed by atoms with E-state index in [0.717, 1.165) is 0 Å². The highest BCUT2D eigenvalue weighted by molar-refractivity contribution is 5.96. The Morgan fingerprint density at radius 1 is 1.56 bits per heavy atom. The number of esters is 1. The standard InChI is InChI=1S/C10H11N3O3/c1-6-8(10(14)15-3)9(13(2)12-6)7-4-5-11-16-7/h4-5H,1-3H3. The van der Waals surface area contributed by atoms with Crippen molar-refractivity contribution < 1.29 is 14.1 Å². The zero-order chi connectivity index (χ0) is 11.7. The van der Waals surface area contributed by atoms with Gasteiger partial charge in [0.05, 0.1) is 19.0 Å². The minimum Gasteiger partial charge on any atom is -0.465 e. The topological polar surface area (TPSA) is 70.2 Å². The van der Waals surface area contributed by atoms with E-state index in [-0.39, 0.29) is 0 Å². The molecule has 0 bridgehead atoms. The molecular formula is C10H11N3O3. The molecular weight excluding hydrogens is 210 g/mol. The largest absolute Gasteiger partial charge is 0.465 e. The summed E-state index contributed by atoms with van der Waals surface area (Å²) in [4.78, 5) is 11.6. The summed E-state index contributed by atoms with van der Waals surface area (Å²) in [5.74, 6) is 0.0560. The van der Waals surface area contributed by atoms with Crippen molar-refractivity contribution in [1.82, 2.24) is 14.9 Å². The number of aryl methyl sites for hydroxylation is 2. The number of ether oxygens (including phenoxy) is 1. The summed E-state index contributed by atoms with van der Waals surface area (Å²) < 4.78 is 11.3. The lowest BCUT2D eigenvalue weighted by Gasteiger charge is -2.00. The second kappa shape index (κ2) is 3.80. The Labute approximate surface area is 91.8 Å². The third-order valence-electron chi connectivity index (χ3n) is 2.28. The van der Waals surface area contributed by atoms with Gasteiger partial charge in [-0.3, -0.25) is 4.68 Å². The summed E-state index contributed by atoms with van der Waals surface area (Å²) in [7, 11) is 3.07. The van der Waals surface area contributed by atoms with E-state index in [4.69, 9.17) is 9.26 Å². The van der Waals surface area contributed by atoms with Crippen molar-refractivity contribution in [3.8, 4) is 11.5 Å². The lowest BCUT2D eigenvalue weighted by Crippen LogP contribution is -2.04. The van der Waals surface area contributed by atoms with Gasteiger partial charge in [0.15, 0.2) is 5.76 Å². The summed E-state index contributed by atoms with van der Waals surface area (Å²) in [6.07, 6.45) is 1.51. The van der Waals surface area contributed by atoms with E-state index in [2.05, 4.69) is 10.3 Å². The molecule has 6 nitrogen and oxygen atoms in total. The van der Waals surface area contributed by atoms with Crippen LogP contribution in [0.1, 0.15) is 16.1 Å². The molecule has 0 atom stereocenters. The van der Waals surface area contributed by atoms with E-state index in [1.165, 1.54) is 13.3 Å². The number of nitrogens with zero attached hydrogens (tertiary/aromatic N) is 3. The van der Waals surface area contributed by atoms with Crippen LogP contribution in [0.5, 0.6) is 0 Å². The summed E-state index contributed by atoms with van der Waals surface area (Å²) in [6.45, 7) is 1.74. The van der Waals surface area contributed by atoms with E-state index < -0.39 is 5.97 Å². The lowest BCUT2D eigenvalue weighted by atomic mass is 10.1. The van der Waals surface area contributed by atoms with Gasteiger partial charge in [-0.15, -0.1) is 0 Å². The van der Waals surface area contributed by atoms with Crippen LogP contribution in [0, 0.1) is 6.92 Å². The molecule has 2 aromatic rings. The van der Waals surface area contributed by atoms with Crippen molar-refractivity contribution in [2.24, 2.45) is 7.05 Å². The van der Waals surface area contributed by atoms with Crippen molar-refractivity contribution >= 4 is 5.97 Å². The maximum absolute atomic E-state index is 11.6. The van der Waals surface area contributed by atoms with Crippen molar-refractivity contribution in [3.05, 3.63) is 23.5 Å². The van der Waals surface area contributed by atoms with Crippen molar-refractivity contribution in [1.29, 1.82) is 0 Å². The van der Waals surface area contributed by atoms with Crippen LogP contribution in [0.4, 0.5) is 0 Å². The maximum Gasteiger partial charge on any atom is 0.342 e. The summed E-state index contributed by atoms with van der Waals surface area (Å²) in [5.41, 5.74) is 1.57. The minimum atomic E-state index is -0.433. The van der Waals surface area contributed by atoms with E-state index in [0.29, 0.717) is 22.7 Å². The molecule has 0 aliphatic carbocycles. The zero-order valence-corrected chi connectivity index (χ0v) is 9.22. The second-order valence-electron chi connectivity index (χ2n) is 3.30. The number of methoxy groups -OCH3 is 1. The highest BCUT2D eigenvalue weighted by Gasteiger charge is 2.23. The first kappa shape index (κ1) is 10.4. The Hall–Kier alpha value is -2.11. The van der Waals surface area contributed by atoms with Crippen molar-refractivity contribution in [3.63, 3.8) is 0 Å². The van der Waals surface area contributed by atoms with Crippen LogP contribution in [-0.4, -0.2) is 28.0 Å². The van der Waals surface area contributed by atoms with Crippen molar-refractivity contribution in [2.45, 2.75) is 6.92 Å². The monoisotopic (exact) mass is 221 g/mol. The average Bonchev–Trinajstić information content (AvgIpc) is 2.84. The maximum atomic E-state index is 11.6. The highest BCUT2D eigenvalue weighted by atomic mass is 16.5. The molecule has 84 valence electrons. The number of carbonyl (C=O) groups is 1. The van der Waals surface area contributed by atoms with Crippen molar-refractivity contribution in [2.75, 3.05) is 7.11 Å². The molecule has 2 heterocycles. The van der Waals surface area contributed by atoms with Crippen LogP contribution in [0.25, 0.3) is 11.5 Å². The van der Waals surface area contributed by atoms with Gasteiger partial charge in [-0.25, -0.2) is 4.79 Å². The van der Waals surface area contributed by atoms with Crippen LogP contribution >= 0.6 is 0 Å². The van der Waals surface area contributed by atoms with Crippen LogP contribution in [0.3, 0.4) is 0 Å². The van der Waals surface area contributed by atoms with Crippen LogP contribution in [0.15, 0.2) is 16.8 Å². The summed E-state index contributed by atoms with van der Waals surface area (Å²) >= 11 is 0. The second-order valence-corrected chi connectivity index (χ2v) is 3.30. The first-order valence-electron chi connectivity index (χ1n) is 4.68. The van der Waals surface area contributed by atoms with E-state index in [1.54, 1.807) is 24.7 Å². The Bertz CT molecular complexity index is 514. The van der Waals surface area contributed by atoms with E-state index >= 15 is 0 Å². The molecule has 16 heavy (non-hydrogen) atoms. The normalized spacial score (nSPS) is 10.4. The molecule has 0 amide bonds. The SMILES string of the molecule is COC(=O)c1c(C)nn(C)c1-c1ccno1. The van der Waals surface area contributed by atoms with E-state index in [1.807, 2.05) is 0 Å². The van der Waals surface area contributed by atoms with Gasteiger partial charge in [-0.05, 0) is 6.92 Å². The Morgan fingerprint density at radius 3 is 2.88 bits per heavy atom. The Balaban J connectivity index is 2.64. The molecule has 0 aliphatic rings. The summed E-state index contributed by atoms with van der Waals surface area (Å²) in [6, 6.07) is 1.67. The minimum absolute atomic E-state index is 0.404. The fourth-order valence-corrected chi connectivity index (χ4v) is 1.63. The predicted molar refractivity (Wildman–Crippen MR) is 54.8 cm³/mol. The van der Waals surface area contributed by atoms with Gasteiger partial charge in [-0.1, -0.05) is 5.16 Å². The number of aromatic nitrogens is 3. The zero-order valence-electron chi connectivity index (χ0n) is 9.22. The molecule has 0 saturated carbocycles. The molecule has 0 saturated heterocycles. The van der Waals surface area contributed by atoms with Gasteiger partial charge in [0, 0.05) is 13.1 Å². The number of hydrogen-bond acceptors (Lipinski definition) is 5. The Morgan fingerprint density at radius 2 is 2.31 bits per heavy atom. The first-order valence-corrected chi connectivity index (χ1v) is 4.68. The van der Waals surface area contributed by atoms with E-state index in [9.17, 15) is 4.79 Å². The molecule has 2 rings (SSSR count). The van der Waals surface area contributed by atoms with Gasteiger partial charge in [0.2, 0.25) is 0 Å². The number of hydrogen-bond donors (Lipinski definition) is 0. The smallest absolute Gasteiger partial charge is 0.342 e. The molecule has 0 unspecified atom stereocenters. The molecule has 0 fully saturated rings. The first-order chi connectivity index (χ1) is 7.65.